The summed E-state index contributed by atoms with van der Waals surface area (Å²) in [7, 11) is 0. The van der Waals surface area contributed by atoms with Crippen molar-refractivity contribution in [3.05, 3.63) is 99.8 Å². The largest absolute Gasteiger partial charge is 0.493 e. The highest BCUT2D eigenvalue weighted by Gasteiger charge is 2.39. The van der Waals surface area contributed by atoms with Gasteiger partial charge in [0.25, 0.3) is 0 Å². The minimum absolute atomic E-state index is 0.0970. The number of nitrogens with zero attached hydrogens (tertiary/aromatic N) is 1. The summed E-state index contributed by atoms with van der Waals surface area (Å²) >= 11 is 5.89. The van der Waals surface area contributed by atoms with Gasteiger partial charge in [-0.25, -0.2) is 9.18 Å². The summed E-state index contributed by atoms with van der Waals surface area (Å²) in [6.45, 7) is 4.37. The van der Waals surface area contributed by atoms with Gasteiger partial charge in [-0.15, -0.1) is 0 Å². The quantitative estimate of drug-likeness (QED) is 0.326. The van der Waals surface area contributed by atoms with Crippen molar-refractivity contribution in [2.75, 3.05) is 6.61 Å². The molecule has 1 aliphatic heterocycles. The topological polar surface area (TPSA) is 76.0 Å². The van der Waals surface area contributed by atoms with Crippen molar-refractivity contribution in [1.29, 1.82) is 0 Å². The molecule has 0 fully saturated rings. The number of aliphatic imine (C=N–C) groups is 1. The Labute approximate surface area is 213 Å². The van der Waals surface area contributed by atoms with Gasteiger partial charge in [0.05, 0.1) is 17.7 Å². The number of hydrogen-bond donors (Lipinski definition) is 1. The normalized spacial score (nSPS) is 16.3. The Morgan fingerprint density at radius 2 is 1.92 bits per heavy atom. The van der Waals surface area contributed by atoms with Gasteiger partial charge < -0.3 is 9.84 Å². The predicted octanol–water partition coefficient (Wildman–Crippen LogP) is 6.75. The van der Waals surface area contributed by atoms with Crippen LogP contribution in [0.1, 0.15) is 45.2 Å². The maximum absolute atomic E-state index is 14.7. The van der Waals surface area contributed by atoms with Crippen molar-refractivity contribution in [1.82, 2.24) is 0 Å². The van der Waals surface area contributed by atoms with Crippen molar-refractivity contribution in [3.8, 4) is 16.9 Å². The zero-order valence-electron chi connectivity index (χ0n) is 19.9. The van der Waals surface area contributed by atoms with E-state index in [-0.39, 0.29) is 22.6 Å². The van der Waals surface area contributed by atoms with Gasteiger partial charge in [0.1, 0.15) is 17.1 Å². The van der Waals surface area contributed by atoms with Crippen LogP contribution < -0.4 is 4.74 Å². The fourth-order valence-electron chi connectivity index (χ4n) is 4.24. The Balaban J connectivity index is 1.80. The number of halogens is 2. The number of hydrogen-bond acceptors (Lipinski definition) is 4. The molecule has 184 valence electrons. The lowest BCUT2D eigenvalue weighted by molar-refractivity contribution is 0.0696. The second-order valence-corrected chi connectivity index (χ2v) is 9.13. The third kappa shape index (κ3) is 5.09. The zero-order valence-corrected chi connectivity index (χ0v) is 20.7. The van der Waals surface area contributed by atoms with E-state index in [9.17, 15) is 19.1 Å². The molecule has 0 saturated heterocycles. The third-order valence-electron chi connectivity index (χ3n) is 6.11. The second-order valence-electron chi connectivity index (χ2n) is 8.70. The molecule has 0 radical (unpaired) electrons. The minimum Gasteiger partial charge on any atom is -0.493 e. The van der Waals surface area contributed by atoms with Crippen molar-refractivity contribution >= 4 is 29.6 Å². The van der Waals surface area contributed by atoms with Gasteiger partial charge in [-0.1, -0.05) is 30.7 Å². The van der Waals surface area contributed by atoms with Crippen molar-refractivity contribution < 1.29 is 23.8 Å². The number of rotatable bonds is 9. The molecule has 0 saturated carbocycles. The van der Waals surface area contributed by atoms with Gasteiger partial charge >= 0.3 is 5.97 Å². The smallest absolute Gasteiger partial charge is 0.335 e. The van der Waals surface area contributed by atoms with E-state index in [1.54, 1.807) is 30.4 Å². The van der Waals surface area contributed by atoms with E-state index in [1.165, 1.54) is 18.3 Å². The monoisotopic (exact) mass is 505 g/mol. The summed E-state index contributed by atoms with van der Waals surface area (Å²) in [5.74, 6) is -1.62. The van der Waals surface area contributed by atoms with Crippen molar-refractivity contribution in [3.63, 3.8) is 0 Å². The van der Waals surface area contributed by atoms with Crippen LogP contribution in [-0.2, 0) is 6.42 Å². The summed E-state index contributed by atoms with van der Waals surface area (Å²) in [5.41, 5.74) is 1.87. The Morgan fingerprint density at radius 1 is 1.11 bits per heavy atom. The summed E-state index contributed by atoms with van der Waals surface area (Å²) in [5, 5.41) is 9.65. The molecule has 1 atom stereocenters. The molecule has 3 aromatic rings. The van der Waals surface area contributed by atoms with Crippen LogP contribution in [-0.4, -0.2) is 35.2 Å². The van der Waals surface area contributed by atoms with Crippen LogP contribution in [0.5, 0.6) is 5.75 Å². The summed E-state index contributed by atoms with van der Waals surface area (Å²) in [4.78, 5) is 29.6. The molecule has 5 nitrogen and oxygen atoms in total. The van der Waals surface area contributed by atoms with Crippen LogP contribution in [0, 0.1) is 12.7 Å². The molecule has 0 aromatic heterocycles. The maximum Gasteiger partial charge on any atom is 0.335 e. The Hall–Kier alpha value is -3.77. The van der Waals surface area contributed by atoms with Crippen LogP contribution in [0.25, 0.3) is 11.1 Å². The second kappa shape index (κ2) is 10.5. The average Bonchev–Trinajstić information content (AvgIpc) is 3.32. The highest BCUT2D eigenvalue weighted by Crippen LogP contribution is 2.36. The molecule has 3 aromatic carbocycles. The van der Waals surface area contributed by atoms with Crippen LogP contribution in [0.4, 0.5) is 4.39 Å². The molecule has 1 heterocycles. The van der Waals surface area contributed by atoms with E-state index < -0.39 is 23.1 Å². The standard InChI is InChI=1S/C29H25ClFNO4/c1-3-13-36-26-10-7-19(24-15-20(28(34)35)6-5-18(24)2)14-21(26)17-29(11-4-12-32-29)27(33)23-9-8-22(30)16-25(23)31/h4-12,14-16H,3,13,17H2,1-2H3,(H,34,35). The van der Waals surface area contributed by atoms with Gasteiger partial charge in [-0.2, -0.15) is 0 Å². The molecule has 0 amide bonds. The molecule has 1 unspecified atom stereocenters. The lowest BCUT2D eigenvalue weighted by atomic mass is 9.83. The Morgan fingerprint density at radius 3 is 2.58 bits per heavy atom. The van der Waals surface area contributed by atoms with Crippen molar-refractivity contribution in [2.45, 2.75) is 32.2 Å². The molecule has 4 rings (SSSR count). The van der Waals surface area contributed by atoms with Gasteiger partial charge in [-0.3, -0.25) is 9.79 Å². The van der Waals surface area contributed by atoms with Gasteiger partial charge in [0, 0.05) is 17.7 Å². The molecule has 1 aliphatic rings. The number of carbonyl (C=O) groups is 2. The predicted molar refractivity (Wildman–Crippen MR) is 139 cm³/mol. The molecule has 7 heteroatoms. The first-order chi connectivity index (χ1) is 17.2. The van der Waals surface area contributed by atoms with Crippen LogP contribution in [0.2, 0.25) is 5.02 Å². The Bertz CT molecular complexity index is 1380. The molecular formula is C29H25ClFNO4. The number of ketones is 1. The molecule has 36 heavy (non-hydrogen) atoms. The SMILES string of the molecule is CCCOc1ccc(-c2cc(C(=O)O)ccc2C)cc1CC1(C(=O)c2ccc(Cl)cc2F)C=CC=N1. The molecule has 1 N–H and O–H groups in total. The van der Waals surface area contributed by atoms with E-state index in [0.717, 1.165) is 29.2 Å². The number of allylic oxidation sites excluding steroid dienone is 1. The van der Waals surface area contributed by atoms with Gasteiger partial charge in [-0.05, 0) is 90.2 Å². The maximum atomic E-state index is 14.7. The van der Waals surface area contributed by atoms with Crippen LogP contribution >= 0.6 is 11.6 Å². The summed E-state index contributed by atoms with van der Waals surface area (Å²) in [6.07, 6.45) is 5.78. The number of benzene rings is 3. The number of carboxylic acids is 1. The fourth-order valence-corrected chi connectivity index (χ4v) is 4.40. The Kier molecular flexibility index (Phi) is 7.36. The lowest BCUT2D eigenvalue weighted by Crippen LogP contribution is -2.36. The zero-order chi connectivity index (χ0) is 25.9. The van der Waals surface area contributed by atoms with Crippen LogP contribution in [0.15, 0.2) is 71.7 Å². The molecule has 0 aliphatic carbocycles. The average molecular weight is 506 g/mol. The number of carboxylic acid groups (broad SMARTS) is 1. The number of aromatic carboxylic acids is 1. The van der Waals surface area contributed by atoms with E-state index in [0.29, 0.717) is 17.9 Å². The lowest BCUT2D eigenvalue weighted by Gasteiger charge is -2.25. The first-order valence-electron chi connectivity index (χ1n) is 11.6. The summed E-state index contributed by atoms with van der Waals surface area (Å²) < 4.78 is 20.7. The molecule has 0 spiro atoms. The first-order valence-corrected chi connectivity index (χ1v) is 11.9. The van der Waals surface area contributed by atoms with Crippen LogP contribution in [0.3, 0.4) is 0 Å². The number of ether oxygens (including phenoxy) is 1. The minimum atomic E-state index is -1.35. The number of Topliss-reactive ketones (excluding diaryl/α,β-unsaturated/α-hetero) is 1. The highest BCUT2D eigenvalue weighted by atomic mass is 35.5. The molecular weight excluding hydrogens is 481 g/mol. The first kappa shape index (κ1) is 25.3. The number of aryl methyl sites for hydroxylation is 1. The third-order valence-corrected chi connectivity index (χ3v) is 6.34. The van der Waals surface area contributed by atoms with E-state index in [4.69, 9.17) is 16.3 Å². The molecule has 0 bridgehead atoms. The van der Waals surface area contributed by atoms with Crippen molar-refractivity contribution in [2.24, 2.45) is 4.99 Å². The fraction of sp³-hybridized carbons (Fsp3) is 0.207. The van der Waals surface area contributed by atoms with E-state index in [2.05, 4.69) is 4.99 Å². The highest BCUT2D eigenvalue weighted by molar-refractivity contribution is 6.30. The number of carbonyl (C=O) groups excluding carboxylic acids is 1. The van der Waals surface area contributed by atoms with Gasteiger partial charge in [0.2, 0.25) is 0 Å². The van der Waals surface area contributed by atoms with Gasteiger partial charge in [0.15, 0.2) is 5.78 Å². The van der Waals surface area contributed by atoms with E-state index in [1.807, 2.05) is 32.0 Å². The van der Waals surface area contributed by atoms with E-state index >= 15 is 0 Å². The summed E-state index contributed by atoms with van der Waals surface area (Å²) in [6, 6.07) is 14.5.